The third-order valence-electron chi connectivity index (χ3n) is 2.09. The van der Waals surface area contributed by atoms with Gasteiger partial charge in [0.15, 0.2) is 5.75 Å². The van der Waals surface area contributed by atoms with Crippen molar-refractivity contribution in [3.8, 4) is 5.75 Å². The maximum absolute atomic E-state index is 12.8. The second-order valence-corrected chi connectivity index (χ2v) is 3.77. The molecule has 0 saturated carbocycles. The molecule has 1 aromatic rings. The minimum atomic E-state index is -5.38. The van der Waals surface area contributed by atoms with Crippen LogP contribution in [0.4, 0.5) is 26.3 Å². The Morgan fingerprint density at radius 2 is 1.86 bits per heavy atom. The van der Waals surface area contributed by atoms with E-state index in [4.69, 9.17) is 11.6 Å². The largest absolute Gasteiger partial charge is 0.573 e. The predicted octanol–water partition coefficient (Wildman–Crippen LogP) is 3.52. The molecule has 0 aromatic carbocycles. The smallest absolute Gasteiger partial charge is 0.464 e. The number of alkyl halides is 7. The fraction of sp³-hybridized carbons (Fsp3) is 0.400. The van der Waals surface area contributed by atoms with E-state index in [0.717, 1.165) is 7.11 Å². The van der Waals surface area contributed by atoms with Crippen LogP contribution in [0, 0.1) is 0 Å². The first-order chi connectivity index (χ1) is 9.49. The van der Waals surface area contributed by atoms with Gasteiger partial charge in [0.05, 0.1) is 18.7 Å². The summed E-state index contributed by atoms with van der Waals surface area (Å²) in [5.41, 5.74) is -3.55. The number of pyridine rings is 1. The fourth-order valence-electron chi connectivity index (χ4n) is 1.33. The Kier molecular flexibility index (Phi) is 4.92. The van der Waals surface area contributed by atoms with Crippen LogP contribution in [0.25, 0.3) is 0 Å². The van der Waals surface area contributed by atoms with Crippen molar-refractivity contribution in [1.29, 1.82) is 0 Å². The highest BCUT2D eigenvalue weighted by Crippen LogP contribution is 2.40. The Morgan fingerprint density at radius 1 is 1.29 bits per heavy atom. The Hall–Kier alpha value is -1.71. The lowest BCUT2D eigenvalue weighted by Crippen LogP contribution is -2.23. The first-order valence-electron chi connectivity index (χ1n) is 5.00. The highest BCUT2D eigenvalue weighted by Gasteiger charge is 2.42. The van der Waals surface area contributed by atoms with Crippen molar-refractivity contribution in [3.05, 3.63) is 23.0 Å². The van der Waals surface area contributed by atoms with Crippen LogP contribution in [0.5, 0.6) is 5.75 Å². The van der Waals surface area contributed by atoms with Gasteiger partial charge in [0.2, 0.25) is 0 Å². The van der Waals surface area contributed by atoms with Crippen LogP contribution in [0.3, 0.4) is 0 Å². The average Bonchev–Trinajstić information content (AvgIpc) is 2.34. The summed E-state index contributed by atoms with van der Waals surface area (Å²) in [5.74, 6) is -3.69. The molecule has 1 heterocycles. The molecule has 0 aliphatic rings. The number of methoxy groups -OCH3 is 1. The van der Waals surface area contributed by atoms with Gasteiger partial charge in [0, 0.05) is 0 Å². The molecule has 4 nitrogen and oxygen atoms in total. The molecule has 0 fully saturated rings. The third-order valence-corrected chi connectivity index (χ3v) is 2.34. The number of halogens is 7. The van der Waals surface area contributed by atoms with Crippen molar-refractivity contribution >= 4 is 17.6 Å². The van der Waals surface area contributed by atoms with Crippen LogP contribution in [0.2, 0.25) is 0 Å². The number of ether oxygens (including phenoxy) is 2. The second-order valence-electron chi connectivity index (χ2n) is 3.50. The van der Waals surface area contributed by atoms with Crippen LogP contribution in [-0.2, 0) is 16.8 Å². The number of aromatic nitrogens is 1. The Labute approximate surface area is 118 Å². The van der Waals surface area contributed by atoms with Gasteiger partial charge < -0.3 is 9.47 Å². The lowest BCUT2D eigenvalue weighted by atomic mass is 10.1. The quantitative estimate of drug-likeness (QED) is 0.481. The molecule has 0 aliphatic heterocycles. The highest BCUT2D eigenvalue weighted by molar-refractivity contribution is 6.17. The van der Waals surface area contributed by atoms with Gasteiger partial charge >= 0.3 is 18.5 Å². The van der Waals surface area contributed by atoms with Gasteiger partial charge in [-0.1, -0.05) is 0 Å². The molecule has 0 bridgehead atoms. The first-order valence-corrected chi connectivity index (χ1v) is 5.54. The number of hydrogen-bond donors (Lipinski definition) is 0. The van der Waals surface area contributed by atoms with E-state index >= 15 is 0 Å². The van der Waals surface area contributed by atoms with E-state index in [1.165, 1.54) is 0 Å². The van der Waals surface area contributed by atoms with Crippen LogP contribution < -0.4 is 4.74 Å². The van der Waals surface area contributed by atoms with E-state index in [9.17, 15) is 31.1 Å². The van der Waals surface area contributed by atoms with E-state index in [1.807, 2.05) is 0 Å². The fourth-order valence-corrected chi connectivity index (χ4v) is 1.51. The molecular weight excluding hydrogens is 332 g/mol. The maximum atomic E-state index is 12.8. The summed E-state index contributed by atoms with van der Waals surface area (Å²) in [7, 11) is 0.873. The Morgan fingerprint density at radius 3 is 2.24 bits per heavy atom. The summed E-state index contributed by atoms with van der Waals surface area (Å²) in [6.45, 7) is 0. The van der Waals surface area contributed by atoms with E-state index in [-0.39, 0.29) is 6.07 Å². The zero-order valence-corrected chi connectivity index (χ0v) is 10.9. The van der Waals surface area contributed by atoms with E-state index in [2.05, 4.69) is 14.5 Å². The normalized spacial score (nSPS) is 12.2. The van der Waals surface area contributed by atoms with Crippen molar-refractivity contribution < 1.29 is 40.6 Å². The standard InChI is InChI=1S/C10H6ClF6NO3/c1-20-8(19)5-2-4(9(12,13)14)7(6(3-11)18-5)21-10(15,16)17/h2H,3H2,1H3. The van der Waals surface area contributed by atoms with Gasteiger partial charge in [-0.15, -0.1) is 24.8 Å². The number of hydrogen-bond acceptors (Lipinski definition) is 4. The molecule has 1 rings (SSSR count). The van der Waals surface area contributed by atoms with Crippen molar-refractivity contribution in [2.45, 2.75) is 18.4 Å². The lowest BCUT2D eigenvalue weighted by Gasteiger charge is -2.18. The third kappa shape index (κ3) is 4.38. The van der Waals surface area contributed by atoms with Gasteiger partial charge in [-0.2, -0.15) is 13.2 Å². The Balaban J connectivity index is 3.56. The summed E-state index contributed by atoms with van der Waals surface area (Å²) in [6.07, 6.45) is -10.6. The molecule has 0 atom stereocenters. The zero-order valence-electron chi connectivity index (χ0n) is 10.1. The number of esters is 1. The number of nitrogens with zero attached hydrogens (tertiary/aromatic N) is 1. The van der Waals surface area contributed by atoms with Crippen molar-refractivity contribution in [2.24, 2.45) is 0 Å². The molecule has 0 amide bonds. The van der Waals surface area contributed by atoms with Crippen LogP contribution in [-0.4, -0.2) is 24.4 Å². The molecule has 1 aromatic heterocycles. The summed E-state index contributed by atoms with van der Waals surface area (Å²) in [5, 5.41) is 0. The van der Waals surface area contributed by atoms with Crippen LogP contribution >= 0.6 is 11.6 Å². The molecule has 0 N–H and O–H groups in total. The molecule has 118 valence electrons. The van der Waals surface area contributed by atoms with Gasteiger partial charge in [0.25, 0.3) is 0 Å². The Bertz CT molecular complexity index is 543. The van der Waals surface area contributed by atoms with E-state index in [0.29, 0.717) is 0 Å². The summed E-state index contributed by atoms with van der Waals surface area (Å²) in [4.78, 5) is 14.5. The molecule has 0 saturated heterocycles. The average molecular weight is 338 g/mol. The van der Waals surface area contributed by atoms with E-state index in [1.54, 1.807) is 0 Å². The van der Waals surface area contributed by atoms with Crippen LogP contribution in [0.1, 0.15) is 21.7 Å². The van der Waals surface area contributed by atoms with E-state index < -0.39 is 47.1 Å². The molecule has 0 spiro atoms. The van der Waals surface area contributed by atoms with Gasteiger partial charge in [-0.3, -0.25) is 0 Å². The summed E-state index contributed by atoms with van der Waals surface area (Å²) < 4.78 is 82.5. The topological polar surface area (TPSA) is 48.4 Å². The van der Waals surface area contributed by atoms with Crippen molar-refractivity contribution in [1.82, 2.24) is 4.98 Å². The minimum absolute atomic E-state index is 0.100. The van der Waals surface area contributed by atoms with Crippen LogP contribution in [0.15, 0.2) is 6.07 Å². The molecule has 11 heteroatoms. The number of carbonyl (C=O) groups is 1. The zero-order chi connectivity index (χ0) is 16.4. The number of rotatable bonds is 3. The molecular formula is C10H6ClF6NO3. The molecule has 21 heavy (non-hydrogen) atoms. The molecule has 0 unspecified atom stereocenters. The SMILES string of the molecule is COC(=O)c1cc(C(F)(F)F)c(OC(F)(F)F)c(CCl)n1. The monoisotopic (exact) mass is 337 g/mol. The van der Waals surface area contributed by atoms with Gasteiger partial charge in [-0.25, -0.2) is 9.78 Å². The lowest BCUT2D eigenvalue weighted by molar-refractivity contribution is -0.276. The summed E-state index contributed by atoms with van der Waals surface area (Å²) in [6, 6.07) is 0.100. The first kappa shape index (κ1) is 17.3. The predicted molar refractivity (Wildman–Crippen MR) is 56.8 cm³/mol. The van der Waals surface area contributed by atoms with Gasteiger partial charge in [0.1, 0.15) is 11.3 Å². The molecule has 0 aliphatic carbocycles. The van der Waals surface area contributed by atoms with Gasteiger partial charge in [-0.05, 0) is 6.07 Å². The van der Waals surface area contributed by atoms with Crippen molar-refractivity contribution in [3.63, 3.8) is 0 Å². The number of carbonyl (C=O) groups excluding carboxylic acids is 1. The maximum Gasteiger partial charge on any atom is 0.573 e. The second kappa shape index (κ2) is 5.96. The minimum Gasteiger partial charge on any atom is -0.464 e. The summed E-state index contributed by atoms with van der Waals surface area (Å²) >= 11 is 5.27. The van der Waals surface area contributed by atoms with Crippen molar-refractivity contribution in [2.75, 3.05) is 7.11 Å². The highest BCUT2D eigenvalue weighted by atomic mass is 35.5. The molecule has 0 radical (unpaired) electrons.